The van der Waals surface area contributed by atoms with Gasteiger partial charge in [0, 0.05) is 39.4 Å². The second-order valence-electron chi connectivity index (χ2n) is 8.55. The van der Waals surface area contributed by atoms with Crippen LogP contribution in [0.15, 0.2) is 0 Å². The van der Waals surface area contributed by atoms with Gasteiger partial charge in [-0.25, -0.2) is 0 Å². The maximum atomic E-state index is 12.7. The van der Waals surface area contributed by atoms with E-state index in [2.05, 4.69) is 18.7 Å². The summed E-state index contributed by atoms with van der Waals surface area (Å²) in [4.78, 5) is 17.3. The van der Waals surface area contributed by atoms with E-state index < -0.39 is 0 Å². The van der Waals surface area contributed by atoms with Gasteiger partial charge in [0.15, 0.2) is 0 Å². The first kappa shape index (κ1) is 20.1. The van der Waals surface area contributed by atoms with Crippen LogP contribution in [0.25, 0.3) is 0 Å². The summed E-state index contributed by atoms with van der Waals surface area (Å²) in [5.41, 5.74) is 6.27. The van der Waals surface area contributed by atoms with Gasteiger partial charge in [0.1, 0.15) is 0 Å². The van der Waals surface area contributed by atoms with Crippen molar-refractivity contribution < 1.29 is 14.3 Å². The Labute approximate surface area is 158 Å². The van der Waals surface area contributed by atoms with Crippen LogP contribution in [-0.2, 0) is 14.3 Å². The molecule has 6 nitrogen and oxygen atoms in total. The van der Waals surface area contributed by atoms with Crippen LogP contribution < -0.4 is 5.73 Å². The fraction of sp³-hybridized carbons (Fsp3) is 0.950. The zero-order valence-corrected chi connectivity index (χ0v) is 16.6. The molecule has 0 aromatic carbocycles. The van der Waals surface area contributed by atoms with E-state index in [9.17, 15) is 4.79 Å². The molecular weight excluding hydrogens is 330 g/mol. The van der Waals surface area contributed by atoms with Crippen LogP contribution in [-0.4, -0.2) is 79.9 Å². The molecule has 0 spiro atoms. The lowest BCUT2D eigenvalue weighted by Crippen LogP contribution is -2.51. The first-order valence-corrected chi connectivity index (χ1v) is 10.5. The summed E-state index contributed by atoms with van der Waals surface area (Å²) >= 11 is 0. The van der Waals surface area contributed by atoms with Gasteiger partial charge in [-0.1, -0.05) is 0 Å². The van der Waals surface area contributed by atoms with Crippen molar-refractivity contribution in [3.05, 3.63) is 0 Å². The third-order valence-electron chi connectivity index (χ3n) is 6.33. The predicted octanol–water partition coefficient (Wildman–Crippen LogP) is 1.48. The van der Waals surface area contributed by atoms with E-state index in [1.165, 1.54) is 6.42 Å². The molecule has 26 heavy (non-hydrogen) atoms. The van der Waals surface area contributed by atoms with E-state index in [0.29, 0.717) is 18.1 Å². The molecule has 2 N–H and O–H groups in total. The number of carbonyl (C=O) groups is 1. The number of amides is 1. The Morgan fingerprint density at radius 2 is 1.69 bits per heavy atom. The van der Waals surface area contributed by atoms with Crippen LogP contribution in [0.5, 0.6) is 0 Å². The highest BCUT2D eigenvalue weighted by Crippen LogP contribution is 2.24. The Morgan fingerprint density at radius 1 is 1.08 bits per heavy atom. The molecule has 3 saturated heterocycles. The summed E-state index contributed by atoms with van der Waals surface area (Å²) < 4.78 is 11.2. The molecular formula is C20H37N3O3. The molecule has 3 heterocycles. The topological polar surface area (TPSA) is 68.0 Å². The summed E-state index contributed by atoms with van der Waals surface area (Å²) in [5, 5.41) is 0. The minimum absolute atomic E-state index is 0.158. The largest absolute Gasteiger partial charge is 0.381 e. The van der Waals surface area contributed by atoms with Crippen molar-refractivity contribution in [3.8, 4) is 0 Å². The van der Waals surface area contributed by atoms with E-state index in [-0.39, 0.29) is 11.9 Å². The molecule has 0 saturated carbocycles. The van der Waals surface area contributed by atoms with Gasteiger partial charge in [-0.15, -0.1) is 0 Å². The predicted molar refractivity (Wildman–Crippen MR) is 102 cm³/mol. The molecule has 0 aliphatic carbocycles. The number of hydrogen-bond donors (Lipinski definition) is 1. The highest BCUT2D eigenvalue weighted by atomic mass is 16.5. The minimum atomic E-state index is -0.341. The van der Waals surface area contributed by atoms with E-state index in [0.717, 1.165) is 77.5 Å². The number of likely N-dealkylation sites (tertiary alicyclic amines) is 1. The van der Waals surface area contributed by atoms with Crippen LogP contribution >= 0.6 is 0 Å². The molecule has 3 unspecified atom stereocenters. The Balaban J connectivity index is 1.37. The van der Waals surface area contributed by atoms with Crippen LogP contribution in [0.4, 0.5) is 0 Å². The van der Waals surface area contributed by atoms with Crippen LogP contribution in [0.1, 0.15) is 46.0 Å². The molecule has 1 amide bonds. The van der Waals surface area contributed by atoms with Crippen molar-refractivity contribution in [1.29, 1.82) is 0 Å². The first-order valence-electron chi connectivity index (χ1n) is 10.5. The van der Waals surface area contributed by atoms with Crippen LogP contribution in [0, 0.1) is 11.8 Å². The molecule has 3 aliphatic heterocycles. The van der Waals surface area contributed by atoms with Gasteiger partial charge in [-0.05, 0) is 64.3 Å². The van der Waals surface area contributed by atoms with Crippen molar-refractivity contribution in [3.63, 3.8) is 0 Å². The number of rotatable bonds is 5. The number of nitrogens with zero attached hydrogens (tertiary/aromatic N) is 2. The molecule has 6 heteroatoms. The van der Waals surface area contributed by atoms with Gasteiger partial charge >= 0.3 is 0 Å². The van der Waals surface area contributed by atoms with Crippen molar-refractivity contribution in [1.82, 2.24) is 9.80 Å². The van der Waals surface area contributed by atoms with Gasteiger partial charge < -0.3 is 20.1 Å². The van der Waals surface area contributed by atoms with Gasteiger partial charge in [0.05, 0.1) is 18.2 Å². The van der Waals surface area contributed by atoms with E-state index in [1.54, 1.807) is 0 Å². The molecule has 0 aromatic heterocycles. The number of piperidine rings is 1. The molecule has 3 fully saturated rings. The molecule has 3 rings (SSSR count). The highest BCUT2D eigenvalue weighted by Gasteiger charge is 2.32. The fourth-order valence-corrected chi connectivity index (χ4v) is 4.76. The van der Waals surface area contributed by atoms with Crippen LogP contribution in [0.3, 0.4) is 0 Å². The number of hydrogen-bond acceptors (Lipinski definition) is 5. The Kier molecular flexibility index (Phi) is 7.32. The third-order valence-corrected chi connectivity index (χ3v) is 6.33. The lowest BCUT2D eigenvalue weighted by molar-refractivity contribution is -0.136. The quantitative estimate of drug-likeness (QED) is 0.797. The molecule has 3 atom stereocenters. The fourth-order valence-electron chi connectivity index (χ4n) is 4.76. The van der Waals surface area contributed by atoms with Gasteiger partial charge in [0.25, 0.3) is 0 Å². The zero-order valence-electron chi connectivity index (χ0n) is 16.6. The summed E-state index contributed by atoms with van der Waals surface area (Å²) in [7, 11) is 0. The van der Waals surface area contributed by atoms with E-state index >= 15 is 0 Å². The molecule has 0 bridgehead atoms. The van der Waals surface area contributed by atoms with Crippen molar-refractivity contribution in [2.75, 3.05) is 45.9 Å². The molecule has 3 aliphatic rings. The average Bonchev–Trinajstić information content (AvgIpc) is 2.65. The van der Waals surface area contributed by atoms with Gasteiger partial charge in [-0.2, -0.15) is 0 Å². The zero-order chi connectivity index (χ0) is 18.5. The second kappa shape index (κ2) is 9.49. The monoisotopic (exact) mass is 367 g/mol. The summed E-state index contributed by atoms with van der Waals surface area (Å²) in [6, 6.07) is -0.341. The number of morpholine rings is 1. The second-order valence-corrected chi connectivity index (χ2v) is 8.55. The molecule has 0 aromatic rings. The van der Waals surface area contributed by atoms with Crippen molar-refractivity contribution in [2.45, 2.75) is 64.2 Å². The summed E-state index contributed by atoms with van der Waals surface area (Å²) in [6.45, 7) is 10.8. The maximum absolute atomic E-state index is 12.7. The molecule has 0 radical (unpaired) electrons. The van der Waals surface area contributed by atoms with E-state index in [4.69, 9.17) is 15.2 Å². The van der Waals surface area contributed by atoms with Crippen LogP contribution in [0.2, 0.25) is 0 Å². The SMILES string of the molecule is CC1CN(CCC2CCN(C(=O)C(N)C3CCOCC3)CC2)CC(C)O1. The first-order chi connectivity index (χ1) is 12.5. The summed E-state index contributed by atoms with van der Waals surface area (Å²) in [5.74, 6) is 1.18. The lowest BCUT2D eigenvalue weighted by atomic mass is 9.89. The van der Waals surface area contributed by atoms with E-state index in [1.807, 2.05) is 4.90 Å². The smallest absolute Gasteiger partial charge is 0.239 e. The maximum Gasteiger partial charge on any atom is 0.239 e. The average molecular weight is 368 g/mol. The summed E-state index contributed by atoms with van der Waals surface area (Å²) in [6.07, 6.45) is 5.96. The number of ether oxygens (including phenoxy) is 2. The van der Waals surface area contributed by atoms with Crippen molar-refractivity contribution in [2.24, 2.45) is 17.6 Å². The standard InChI is InChI=1S/C20H37N3O3/c1-15-13-22(14-16(2)26-15)8-3-17-4-9-23(10-5-17)20(24)19(21)18-6-11-25-12-7-18/h15-19H,3-14,21H2,1-2H3. The molecule has 150 valence electrons. The minimum Gasteiger partial charge on any atom is -0.381 e. The van der Waals surface area contributed by atoms with Gasteiger partial charge in [0.2, 0.25) is 5.91 Å². The Hall–Kier alpha value is -0.690. The van der Waals surface area contributed by atoms with Crippen molar-refractivity contribution >= 4 is 5.91 Å². The number of nitrogens with two attached hydrogens (primary N) is 1. The lowest BCUT2D eigenvalue weighted by Gasteiger charge is -2.38. The highest BCUT2D eigenvalue weighted by molar-refractivity contribution is 5.82. The third kappa shape index (κ3) is 5.41. The Morgan fingerprint density at radius 3 is 2.31 bits per heavy atom. The number of carbonyl (C=O) groups excluding carboxylic acids is 1. The Bertz CT molecular complexity index is 438. The van der Waals surface area contributed by atoms with Gasteiger partial charge in [-0.3, -0.25) is 9.69 Å². The normalized spacial score (nSPS) is 31.1.